The number of nitrogens with zero attached hydrogens (tertiary/aromatic N) is 2. The third-order valence-electron chi connectivity index (χ3n) is 2.94. The molecule has 1 N–H and O–H groups in total. The molecule has 2 rings (SSSR count). The zero-order valence-corrected chi connectivity index (χ0v) is 10.4. The fraction of sp³-hybridized carbons (Fsp3) is 0.417. The molecule has 0 unspecified atom stereocenters. The van der Waals surface area contributed by atoms with Crippen molar-refractivity contribution in [3.63, 3.8) is 0 Å². The molecule has 0 aliphatic carbocycles. The quantitative estimate of drug-likeness (QED) is 0.878. The zero-order valence-electron chi connectivity index (χ0n) is 9.69. The van der Waals surface area contributed by atoms with Crippen LogP contribution < -0.4 is 9.80 Å². The Morgan fingerprint density at radius 1 is 1.47 bits per heavy atom. The van der Waals surface area contributed by atoms with E-state index in [1.54, 1.807) is 0 Å². The number of benzene rings is 1. The Hall–Kier alpha value is -1.42. The molecule has 1 aliphatic rings. The molecule has 0 saturated carbocycles. The standard InChI is InChI=1S/C12H15ClN2O2/c1-14-6-3-7-15(8-11(16)17)10-5-2-4-9(13)12(10)14/h2,4-5H,3,6-8H2,1H3,(H,16,17). The summed E-state index contributed by atoms with van der Waals surface area (Å²) in [5, 5.41) is 9.60. The van der Waals surface area contributed by atoms with Gasteiger partial charge >= 0.3 is 5.97 Å². The second kappa shape index (κ2) is 4.84. The van der Waals surface area contributed by atoms with E-state index in [1.807, 2.05) is 30.1 Å². The van der Waals surface area contributed by atoms with Gasteiger partial charge in [-0.15, -0.1) is 0 Å². The van der Waals surface area contributed by atoms with Gasteiger partial charge in [0.1, 0.15) is 6.54 Å². The summed E-state index contributed by atoms with van der Waals surface area (Å²) < 4.78 is 0. The first-order valence-corrected chi connectivity index (χ1v) is 5.94. The highest BCUT2D eigenvalue weighted by molar-refractivity contribution is 6.34. The summed E-state index contributed by atoms with van der Waals surface area (Å²) in [6.07, 6.45) is 0.925. The van der Waals surface area contributed by atoms with E-state index in [9.17, 15) is 4.79 Å². The van der Waals surface area contributed by atoms with Gasteiger partial charge in [0.2, 0.25) is 0 Å². The van der Waals surface area contributed by atoms with Gasteiger partial charge in [0, 0.05) is 20.1 Å². The summed E-state index contributed by atoms with van der Waals surface area (Å²) in [7, 11) is 1.98. The maximum Gasteiger partial charge on any atom is 0.323 e. The van der Waals surface area contributed by atoms with Crippen LogP contribution >= 0.6 is 11.6 Å². The number of carboxylic acids is 1. The van der Waals surface area contributed by atoms with Crippen molar-refractivity contribution < 1.29 is 9.90 Å². The highest BCUT2D eigenvalue weighted by atomic mass is 35.5. The van der Waals surface area contributed by atoms with E-state index < -0.39 is 5.97 Å². The SMILES string of the molecule is CN1CCCN(CC(=O)O)c2cccc(Cl)c21. The molecule has 5 heteroatoms. The van der Waals surface area contributed by atoms with Crippen molar-refractivity contribution in [2.24, 2.45) is 0 Å². The van der Waals surface area contributed by atoms with E-state index in [1.165, 1.54) is 0 Å². The normalized spacial score (nSPS) is 15.4. The lowest BCUT2D eigenvalue weighted by Gasteiger charge is -2.25. The number of hydrogen-bond acceptors (Lipinski definition) is 3. The summed E-state index contributed by atoms with van der Waals surface area (Å²) in [5.41, 5.74) is 1.83. The highest BCUT2D eigenvalue weighted by Crippen LogP contribution is 2.37. The van der Waals surface area contributed by atoms with Crippen LogP contribution in [0.3, 0.4) is 0 Å². The lowest BCUT2D eigenvalue weighted by molar-refractivity contribution is -0.135. The Morgan fingerprint density at radius 2 is 2.24 bits per heavy atom. The third kappa shape index (κ3) is 2.47. The average Bonchev–Trinajstić information content (AvgIpc) is 2.40. The molecule has 0 amide bonds. The number of rotatable bonds is 2. The number of halogens is 1. The minimum atomic E-state index is -0.819. The van der Waals surface area contributed by atoms with Gasteiger partial charge in [0.15, 0.2) is 0 Å². The van der Waals surface area contributed by atoms with Crippen LogP contribution in [0.5, 0.6) is 0 Å². The number of carbonyl (C=O) groups is 1. The summed E-state index contributed by atoms with van der Waals surface area (Å²) >= 11 is 6.20. The van der Waals surface area contributed by atoms with Crippen LogP contribution in [0, 0.1) is 0 Å². The first kappa shape index (κ1) is 12.0. The van der Waals surface area contributed by atoms with Crippen LogP contribution in [0.4, 0.5) is 11.4 Å². The van der Waals surface area contributed by atoms with E-state index in [-0.39, 0.29) is 6.54 Å². The Morgan fingerprint density at radius 3 is 2.94 bits per heavy atom. The van der Waals surface area contributed by atoms with Gasteiger partial charge in [-0.1, -0.05) is 17.7 Å². The predicted octanol–water partition coefficient (Wildman–Crippen LogP) is 2.07. The van der Waals surface area contributed by atoms with Crippen molar-refractivity contribution in [1.29, 1.82) is 0 Å². The van der Waals surface area contributed by atoms with Crippen molar-refractivity contribution in [3.05, 3.63) is 23.2 Å². The molecule has 4 nitrogen and oxygen atoms in total. The van der Waals surface area contributed by atoms with E-state index in [4.69, 9.17) is 16.7 Å². The Kier molecular flexibility index (Phi) is 3.43. The first-order chi connectivity index (χ1) is 8.09. The minimum Gasteiger partial charge on any atom is -0.480 e. The number of hydrogen-bond donors (Lipinski definition) is 1. The molecule has 1 aromatic carbocycles. The van der Waals surface area contributed by atoms with Gasteiger partial charge in [-0.2, -0.15) is 0 Å². The van der Waals surface area contributed by atoms with Gasteiger partial charge in [0.25, 0.3) is 0 Å². The fourth-order valence-electron chi connectivity index (χ4n) is 2.20. The van der Waals surface area contributed by atoms with Crippen LogP contribution in [0.25, 0.3) is 0 Å². The largest absolute Gasteiger partial charge is 0.480 e. The van der Waals surface area contributed by atoms with Crippen LogP contribution in [-0.2, 0) is 4.79 Å². The third-order valence-corrected chi connectivity index (χ3v) is 3.24. The van der Waals surface area contributed by atoms with Crippen LogP contribution in [0.1, 0.15) is 6.42 Å². The van der Waals surface area contributed by atoms with Crippen molar-refractivity contribution in [2.45, 2.75) is 6.42 Å². The Labute approximate surface area is 105 Å². The summed E-state index contributed by atoms with van der Waals surface area (Å²) in [4.78, 5) is 14.8. The van der Waals surface area contributed by atoms with Crippen molar-refractivity contribution >= 4 is 28.9 Å². The lowest BCUT2D eigenvalue weighted by atomic mass is 10.2. The monoisotopic (exact) mass is 254 g/mol. The van der Waals surface area contributed by atoms with E-state index in [0.29, 0.717) is 5.02 Å². The average molecular weight is 255 g/mol. The Bertz CT molecular complexity index is 437. The lowest BCUT2D eigenvalue weighted by Crippen LogP contribution is -2.30. The predicted molar refractivity (Wildman–Crippen MR) is 69.2 cm³/mol. The van der Waals surface area contributed by atoms with Crippen molar-refractivity contribution in [1.82, 2.24) is 0 Å². The maximum atomic E-state index is 10.9. The topological polar surface area (TPSA) is 43.8 Å². The minimum absolute atomic E-state index is 0.0151. The summed E-state index contributed by atoms with van der Waals surface area (Å²) in [6.45, 7) is 1.64. The number of anilines is 2. The van der Waals surface area contributed by atoms with E-state index >= 15 is 0 Å². The van der Waals surface area contributed by atoms with E-state index in [0.717, 1.165) is 30.9 Å². The number of carboxylic acid groups (broad SMARTS) is 1. The smallest absolute Gasteiger partial charge is 0.323 e. The summed E-state index contributed by atoms with van der Waals surface area (Å²) in [6, 6.07) is 5.61. The highest BCUT2D eigenvalue weighted by Gasteiger charge is 2.21. The molecule has 0 spiro atoms. The molecular formula is C12H15ClN2O2. The second-order valence-corrected chi connectivity index (χ2v) is 4.61. The fourth-order valence-corrected chi connectivity index (χ4v) is 2.51. The molecule has 1 heterocycles. The van der Waals surface area contributed by atoms with Crippen LogP contribution in [-0.4, -0.2) is 37.8 Å². The van der Waals surface area contributed by atoms with Gasteiger partial charge < -0.3 is 14.9 Å². The number of aliphatic carboxylic acids is 1. The van der Waals surface area contributed by atoms with Gasteiger partial charge in [0.05, 0.1) is 16.4 Å². The first-order valence-electron chi connectivity index (χ1n) is 5.56. The van der Waals surface area contributed by atoms with Gasteiger partial charge in [-0.05, 0) is 18.6 Å². The van der Waals surface area contributed by atoms with Crippen LogP contribution in [0.2, 0.25) is 5.02 Å². The molecule has 1 aliphatic heterocycles. The van der Waals surface area contributed by atoms with Crippen molar-refractivity contribution in [2.75, 3.05) is 36.5 Å². The van der Waals surface area contributed by atoms with Gasteiger partial charge in [-0.3, -0.25) is 4.79 Å². The van der Waals surface area contributed by atoms with Crippen LogP contribution in [0.15, 0.2) is 18.2 Å². The molecule has 0 radical (unpaired) electrons. The van der Waals surface area contributed by atoms with Crippen molar-refractivity contribution in [3.8, 4) is 0 Å². The molecule has 0 atom stereocenters. The number of para-hydroxylation sites is 1. The second-order valence-electron chi connectivity index (χ2n) is 4.20. The Balaban J connectivity index is 2.43. The molecule has 1 aromatic rings. The van der Waals surface area contributed by atoms with E-state index in [2.05, 4.69) is 4.90 Å². The molecule has 17 heavy (non-hydrogen) atoms. The molecule has 0 bridgehead atoms. The molecule has 0 aromatic heterocycles. The molecule has 92 valence electrons. The molecule has 0 fully saturated rings. The summed E-state index contributed by atoms with van der Waals surface area (Å²) in [5.74, 6) is -0.819. The molecule has 0 saturated heterocycles. The van der Waals surface area contributed by atoms with Gasteiger partial charge in [-0.25, -0.2) is 0 Å². The zero-order chi connectivity index (χ0) is 12.4. The molecular weight excluding hydrogens is 240 g/mol. The maximum absolute atomic E-state index is 10.9. The number of fused-ring (bicyclic) bond motifs is 1.